The van der Waals surface area contributed by atoms with E-state index in [-0.39, 0.29) is 5.91 Å². The Bertz CT molecular complexity index is 389. The maximum atomic E-state index is 12.0. The Morgan fingerprint density at radius 1 is 1.53 bits per heavy atom. The highest BCUT2D eigenvalue weighted by atomic mass is 16.5. The molecule has 94 valence electrons. The number of nitrogens with one attached hydrogen (secondary N) is 1. The number of methoxy groups -OCH3 is 1. The average molecular weight is 237 g/mol. The number of aromatic nitrogens is 1. The lowest BCUT2D eigenvalue weighted by Gasteiger charge is -2.25. The van der Waals surface area contributed by atoms with Crippen LogP contribution in [-0.2, 0) is 4.79 Å². The molecule has 0 saturated carbocycles. The first-order valence-corrected chi connectivity index (χ1v) is 5.66. The number of ether oxygens (including phenoxy) is 1. The van der Waals surface area contributed by atoms with Gasteiger partial charge in [-0.3, -0.25) is 4.79 Å². The molecule has 0 spiro atoms. The molecule has 17 heavy (non-hydrogen) atoms. The fourth-order valence-corrected chi connectivity index (χ4v) is 1.47. The van der Waals surface area contributed by atoms with Crippen LogP contribution in [0.5, 0.6) is 5.88 Å². The SMILES string of the molecule is CCC(N)(CC)C(=O)Nc1cccnc1OC. The van der Waals surface area contributed by atoms with Gasteiger partial charge < -0.3 is 15.8 Å². The molecule has 0 bridgehead atoms. The van der Waals surface area contributed by atoms with Gasteiger partial charge in [-0.25, -0.2) is 4.98 Å². The molecule has 5 nitrogen and oxygen atoms in total. The summed E-state index contributed by atoms with van der Waals surface area (Å²) in [7, 11) is 1.51. The minimum Gasteiger partial charge on any atom is -0.480 e. The third-order valence-corrected chi connectivity index (χ3v) is 2.93. The number of carbonyl (C=O) groups excluding carboxylic acids is 1. The van der Waals surface area contributed by atoms with Gasteiger partial charge in [0.05, 0.1) is 12.6 Å². The van der Waals surface area contributed by atoms with Crippen molar-refractivity contribution in [1.82, 2.24) is 4.98 Å². The van der Waals surface area contributed by atoms with E-state index in [2.05, 4.69) is 10.3 Å². The van der Waals surface area contributed by atoms with Crippen LogP contribution in [0.25, 0.3) is 0 Å². The van der Waals surface area contributed by atoms with Crippen LogP contribution < -0.4 is 15.8 Å². The fraction of sp³-hybridized carbons (Fsp3) is 0.500. The molecule has 1 rings (SSSR count). The van der Waals surface area contributed by atoms with E-state index in [9.17, 15) is 4.79 Å². The highest BCUT2D eigenvalue weighted by Gasteiger charge is 2.30. The molecule has 0 atom stereocenters. The van der Waals surface area contributed by atoms with E-state index in [1.54, 1.807) is 18.3 Å². The maximum absolute atomic E-state index is 12.0. The van der Waals surface area contributed by atoms with Gasteiger partial charge in [0.1, 0.15) is 5.69 Å². The number of nitrogens with zero attached hydrogens (tertiary/aromatic N) is 1. The first-order chi connectivity index (χ1) is 8.07. The number of hydrogen-bond donors (Lipinski definition) is 2. The predicted octanol–water partition coefficient (Wildman–Crippen LogP) is 1.55. The zero-order chi connectivity index (χ0) is 12.9. The maximum Gasteiger partial charge on any atom is 0.244 e. The van der Waals surface area contributed by atoms with Crippen LogP contribution in [0.15, 0.2) is 18.3 Å². The standard InChI is InChI=1S/C12H19N3O2/c1-4-12(13,5-2)11(16)15-9-7-6-8-14-10(9)17-3/h6-8H,4-5,13H2,1-3H3,(H,15,16). The normalized spacial score (nSPS) is 11.1. The quantitative estimate of drug-likeness (QED) is 0.814. The van der Waals surface area contributed by atoms with Crippen LogP contribution in [0.1, 0.15) is 26.7 Å². The summed E-state index contributed by atoms with van der Waals surface area (Å²) in [5.41, 5.74) is 5.70. The van der Waals surface area contributed by atoms with Gasteiger partial charge >= 0.3 is 0 Å². The van der Waals surface area contributed by atoms with E-state index >= 15 is 0 Å². The summed E-state index contributed by atoms with van der Waals surface area (Å²) >= 11 is 0. The molecule has 0 fully saturated rings. The molecule has 3 N–H and O–H groups in total. The molecular formula is C12H19N3O2. The molecule has 0 saturated heterocycles. The highest BCUT2D eigenvalue weighted by molar-refractivity contribution is 5.98. The number of nitrogens with two attached hydrogens (primary N) is 1. The Morgan fingerprint density at radius 3 is 2.71 bits per heavy atom. The van der Waals surface area contributed by atoms with Crippen molar-refractivity contribution in [2.75, 3.05) is 12.4 Å². The van der Waals surface area contributed by atoms with Crippen molar-refractivity contribution in [2.45, 2.75) is 32.2 Å². The van der Waals surface area contributed by atoms with E-state index in [0.717, 1.165) is 0 Å². The average Bonchev–Trinajstić information content (AvgIpc) is 2.38. The predicted molar refractivity (Wildman–Crippen MR) is 66.9 cm³/mol. The van der Waals surface area contributed by atoms with Crippen molar-refractivity contribution in [2.24, 2.45) is 5.73 Å². The van der Waals surface area contributed by atoms with Crippen molar-refractivity contribution in [3.8, 4) is 5.88 Å². The molecule has 0 aromatic carbocycles. The highest BCUT2D eigenvalue weighted by Crippen LogP contribution is 2.22. The van der Waals surface area contributed by atoms with Crippen molar-refractivity contribution in [3.63, 3.8) is 0 Å². The monoisotopic (exact) mass is 237 g/mol. The molecule has 0 aliphatic rings. The van der Waals surface area contributed by atoms with E-state index in [1.165, 1.54) is 7.11 Å². The third kappa shape index (κ3) is 2.94. The van der Waals surface area contributed by atoms with Crippen LogP contribution in [0.3, 0.4) is 0 Å². The second kappa shape index (κ2) is 5.63. The lowest BCUT2D eigenvalue weighted by atomic mass is 9.93. The van der Waals surface area contributed by atoms with E-state index in [4.69, 9.17) is 10.5 Å². The Kier molecular flexibility index (Phi) is 4.45. The molecule has 1 heterocycles. The van der Waals surface area contributed by atoms with Gasteiger partial charge in [0.2, 0.25) is 11.8 Å². The first-order valence-electron chi connectivity index (χ1n) is 5.66. The van der Waals surface area contributed by atoms with Gasteiger partial charge in [-0.05, 0) is 25.0 Å². The third-order valence-electron chi connectivity index (χ3n) is 2.93. The van der Waals surface area contributed by atoms with Crippen molar-refractivity contribution in [1.29, 1.82) is 0 Å². The lowest BCUT2D eigenvalue weighted by Crippen LogP contribution is -2.50. The van der Waals surface area contributed by atoms with Gasteiger partial charge in [-0.15, -0.1) is 0 Å². The largest absolute Gasteiger partial charge is 0.480 e. The summed E-state index contributed by atoms with van der Waals surface area (Å²) in [5, 5.41) is 2.75. The first kappa shape index (κ1) is 13.4. The fourth-order valence-electron chi connectivity index (χ4n) is 1.47. The second-order valence-electron chi connectivity index (χ2n) is 3.88. The van der Waals surface area contributed by atoms with Gasteiger partial charge in [0.25, 0.3) is 0 Å². The topological polar surface area (TPSA) is 77.2 Å². The van der Waals surface area contributed by atoms with Crippen LogP contribution in [0.2, 0.25) is 0 Å². The Balaban J connectivity index is 2.87. The molecule has 0 radical (unpaired) electrons. The second-order valence-corrected chi connectivity index (χ2v) is 3.88. The minimum absolute atomic E-state index is 0.214. The summed E-state index contributed by atoms with van der Waals surface area (Å²) < 4.78 is 5.06. The Labute approximate surface area is 101 Å². The van der Waals surface area contributed by atoms with Crippen molar-refractivity contribution >= 4 is 11.6 Å². The summed E-state index contributed by atoms with van der Waals surface area (Å²) in [6.07, 6.45) is 2.76. The zero-order valence-corrected chi connectivity index (χ0v) is 10.5. The minimum atomic E-state index is -0.846. The number of rotatable bonds is 5. The van der Waals surface area contributed by atoms with Crippen LogP contribution >= 0.6 is 0 Å². The number of amides is 1. The molecule has 1 aromatic rings. The number of pyridine rings is 1. The smallest absolute Gasteiger partial charge is 0.244 e. The summed E-state index contributed by atoms with van der Waals surface area (Å²) in [6, 6.07) is 3.46. The van der Waals surface area contributed by atoms with Gasteiger partial charge in [0.15, 0.2) is 0 Å². The van der Waals surface area contributed by atoms with Crippen LogP contribution in [0.4, 0.5) is 5.69 Å². The van der Waals surface area contributed by atoms with Crippen LogP contribution in [-0.4, -0.2) is 23.5 Å². The summed E-state index contributed by atoms with van der Waals surface area (Å²) in [4.78, 5) is 16.1. The van der Waals surface area contributed by atoms with Gasteiger partial charge in [-0.1, -0.05) is 13.8 Å². The van der Waals surface area contributed by atoms with E-state index < -0.39 is 5.54 Å². The van der Waals surface area contributed by atoms with Crippen LogP contribution in [0, 0.1) is 0 Å². The number of hydrogen-bond acceptors (Lipinski definition) is 4. The summed E-state index contributed by atoms with van der Waals surface area (Å²) in [6.45, 7) is 3.78. The molecule has 5 heteroatoms. The summed E-state index contributed by atoms with van der Waals surface area (Å²) in [5.74, 6) is 0.171. The van der Waals surface area contributed by atoms with Crippen molar-refractivity contribution in [3.05, 3.63) is 18.3 Å². The Hall–Kier alpha value is -1.62. The molecule has 1 aromatic heterocycles. The van der Waals surface area contributed by atoms with E-state index in [0.29, 0.717) is 24.4 Å². The number of anilines is 1. The molecule has 0 unspecified atom stereocenters. The molecular weight excluding hydrogens is 218 g/mol. The molecule has 0 aliphatic carbocycles. The number of carbonyl (C=O) groups is 1. The van der Waals surface area contributed by atoms with Crippen molar-refractivity contribution < 1.29 is 9.53 Å². The zero-order valence-electron chi connectivity index (χ0n) is 10.5. The lowest BCUT2D eigenvalue weighted by molar-refractivity contribution is -0.121. The van der Waals surface area contributed by atoms with Gasteiger partial charge in [-0.2, -0.15) is 0 Å². The molecule has 0 aliphatic heterocycles. The molecule has 1 amide bonds. The Morgan fingerprint density at radius 2 is 2.18 bits per heavy atom. The van der Waals surface area contributed by atoms with Gasteiger partial charge in [0, 0.05) is 6.20 Å². The van der Waals surface area contributed by atoms with E-state index in [1.807, 2.05) is 13.8 Å².